The normalized spacial score (nSPS) is 13.7. The highest BCUT2D eigenvalue weighted by Crippen LogP contribution is 1.94. The van der Waals surface area contributed by atoms with Crippen LogP contribution in [-0.4, -0.2) is 13.2 Å². The zero-order valence-electron chi connectivity index (χ0n) is 6.35. The van der Waals surface area contributed by atoms with Gasteiger partial charge in [-0.05, 0) is 13.3 Å². The topological polar surface area (TPSA) is 21.3 Å². The van der Waals surface area contributed by atoms with Crippen LogP contribution in [0.25, 0.3) is 0 Å². The van der Waals surface area contributed by atoms with Crippen molar-refractivity contribution in [3.05, 3.63) is 12.5 Å². The molecule has 0 aliphatic heterocycles. The van der Waals surface area contributed by atoms with Gasteiger partial charge in [-0.3, -0.25) is 0 Å². The molecule has 0 aliphatic rings. The highest BCUT2D eigenvalue weighted by Gasteiger charge is 1.91. The second kappa shape index (κ2) is 5.48. The lowest BCUT2D eigenvalue weighted by molar-refractivity contribution is 0.157. The Kier molecular flexibility index (Phi) is 5.07. The molecule has 0 saturated carbocycles. The number of hydrogen-bond acceptors (Lipinski definition) is 2. The van der Waals surface area contributed by atoms with E-state index in [0.717, 1.165) is 6.42 Å². The molecule has 0 amide bonds. The first-order chi connectivity index (χ1) is 4.31. The summed E-state index contributed by atoms with van der Waals surface area (Å²) in [6.07, 6.45) is 4.82. The van der Waals surface area contributed by atoms with E-state index in [1.807, 2.05) is 14.0 Å². The van der Waals surface area contributed by atoms with E-state index in [0.29, 0.717) is 6.10 Å². The summed E-state index contributed by atoms with van der Waals surface area (Å²) in [5.41, 5.74) is 0. The fourth-order valence-electron chi connectivity index (χ4n) is 0.338. The molecule has 0 aliphatic carbocycles. The average Bonchev–Trinajstić information content (AvgIpc) is 1.89. The Labute approximate surface area is 56.9 Å². The predicted molar refractivity (Wildman–Crippen MR) is 39.0 cm³/mol. The Morgan fingerprint density at radius 3 is 2.78 bits per heavy atom. The molecule has 0 unspecified atom stereocenters. The first-order valence-corrected chi connectivity index (χ1v) is 3.29. The predicted octanol–water partition coefficient (Wildman–Crippen LogP) is 1.49. The van der Waals surface area contributed by atoms with E-state index >= 15 is 0 Å². The van der Waals surface area contributed by atoms with Gasteiger partial charge in [0.2, 0.25) is 0 Å². The van der Waals surface area contributed by atoms with Crippen LogP contribution in [0.2, 0.25) is 0 Å². The quantitative estimate of drug-likeness (QED) is 0.581. The first-order valence-electron chi connectivity index (χ1n) is 3.29. The van der Waals surface area contributed by atoms with E-state index in [1.54, 1.807) is 12.5 Å². The molecule has 0 bridgehead atoms. The standard InChI is InChI=1S/C7H15NO/c1-4-7(2)9-6-5-8-3/h5-8H,4H2,1-3H3/b6-5-/t7-/m0/s1. The third-order valence-corrected chi connectivity index (χ3v) is 1.12. The van der Waals surface area contributed by atoms with Crippen LogP contribution in [0.5, 0.6) is 0 Å². The Hall–Kier alpha value is -0.660. The summed E-state index contributed by atoms with van der Waals surface area (Å²) in [4.78, 5) is 0. The lowest BCUT2D eigenvalue weighted by Crippen LogP contribution is -2.02. The van der Waals surface area contributed by atoms with E-state index < -0.39 is 0 Å². The van der Waals surface area contributed by atoms with Crippen LogP contribution in [0.15, 0.2) is 12.5 Å². The summed E-state index contributed by atoms with van der Waals surface area (Å²) in [6.45, 7) is 4.14. The second-order valence-electron chi connectivity index (χ2n) is 1.95. The zero-order valence-corrected chi connectivity index (χ0v) is 6.35. The fraction of sp³-hybridized carbons (Fsp3) is 0.714. The van der Waals surface area contributed by atoms with E-state index in [2.05, 4.69) is 12.2 Å². The van der Waals surface area contributed by atoms with Crippen molar-refractivity contribution in [3.63, 3.8) is 0 Å². The molecule has 0 rings (SSSR count). The maximum absolute atomic E-state index is 5.19. The molecular formula is C7H15NO. The Morgan fingerprint density at radius 1 is 1.67 bits per heavy atom. The van der Waals surface area contributed by atoms with Crippen LogP contribution in [-0.2, 0) is 4.74 Å². The minimum absolute atomic E-state index is 0.328. The summed E-state index contributed by atoms with van der Waals surface area (Å²) in [5, 5.41) is 2.84. The summed E-state index contributed by atoms with van der Waals surface area (Å²) >= 11 is 0. The molecule has 0 aromatic rings. The second-order valence-corrected chi connectivity index (χ2v) is 1.95. The summed E-state index contributed by atoms with van der Waals surface area (Å²) in [7, 11) is 1.84. The van der Waals surface area contributed by atoms with Crippen LogP contribution in [0.4, 0.5) is 0 Å². The molecule has 0 aromatic carbocycles. The van der Waals surface area contributed by atoms with Crippen molar-refractivity contribution in [3.8, 4) is 0 Å². The van der Waals surface area contributed by atoms with Crippen LogP contribution >= 0.6 is 0 Å². The zero-order chi connectivity index (χ0) is 7.11. The Balaban J connectivity index is 3.15. The van der Waals surface area contributed by atoms with E-state index in [1.165, 1.54) is 0 Å². The van der Waals surface area contributed by atoms with E-state index in [9.17, 15) is 0 Å². The highest BCUT2D eigenvalue weighted by molar-refractivity contribution is 4.68. The fourth-order valence-corrected chi connectivity index (χ4v) is 0.338. The molecule has 0 saturated heterocycles. The van der Waals surface area contributed by atoms with Gasteiger partial charge in [0.05, 0.1) is 12.4 Å². The number of ether oxygens (including phenoxy) is 1. The minimum Gasteiger partial charge on any atom is -0.497 e. The van der Waals surface area contributed by atoms with Crippen LogP contribution in [0, 0.1) is 0 Å². The summed E-state index contributed by atoms with van der Waals surface area (Å²) in [6, 6.07) is 0. The maximum atomic E-state index is 5.19. The molecule has 2 nitrogen and oxygen atoms in total. The number of hydrogen-bond donors (Lipinski definition) is 1. The summed E-state index contributed by atoms with van der Waals surface area (Å²) in [5.74, 6) is 0. The van der Waals surface area contributed by atoms with Crippen LogP contribution in [0.3, 0.4) is 0 Å². The van der Waals surface area contributed by atoms with Gasteiger partial charge in [0.15, 0.2) is 0 Å². The van der Waals surface area contributed by atoms with Crippen LogP contribution < -0.4 is 5.32 Å². The molecule has 0 spiro atoms. The van der Waals surface area contributed by atoms with E-state index in [4.69, 9.17) is 4.74 Å². The SMILES string of the molecule is CC[C@H](C)O/C=C\NC. The third kappa shape index (κ3) is 5.21. The third-order valence-electron chi connectivity index (χ3n) is 1.12. The lowest BCUT2D eigenvalue weighted by atomic mass is 10.3. The number of rotatable bonds is 4. The molecule has 9 heavy (non-hydrogen) atoms. The first kappa shape index (κ1) is 8.34. The summed E-state index contributed by atoms with van der Waals surface area (Å²) < 4.78 is 5.19. The molecule has 0 radical (unpaired) electrons. The minimum atomic E-state index is 0.328. The van der Waals surface area contributed by atoms with Crippen molar-refractivity contribution >= 4 is 0 Å². The Bertz CT molecular complexity index is 81.0. The van der Waals surface area contributed by atoms with Crippen molar-refractivity contribution in [2.75, 3.05) is 7.05 Å². The van der Waals surface area contributed by atoms with Crippen molar-refractivity contribution in [2.45, 2.75) is 26.4 Å². The van der Waals surface area contributed by atoms with Crippen molar-refractivity contribution < 1.29 is 4.74 Å². The van der Waals surface area contributed by atoms with Crippen LogP contribution in [0.1, 0.15) is 20.3 Å². The molecule has 1 N–H and O–H groups in total. The lowest BCUT2D eigenvalue weighted by Gasteiger charge is -2.06. The molecule has 0 heterocycles. The number of nitrogens with one attached hydrogen (secondary N) is 1. The van der Waals surface area contributed by atoms with Gasteiger partial charge >= 0.3 is 0 Å². The maximum Gasteiger partial charge on any atom is 0.0989 e. The molecule has 1 atom stereocenters. The van der Waals surface area contributed by atoms with Crippen molar-refractivity contribution in [1.82, 2.24) is 5.32 Å². The van der Waals surface area contributed by atoms with Gasteiger partial charge in [0.1, 0.15) is 0 Å². The average molecular weight is 129 g/mol. The largest absolute Gasteiger partial charge is 0.497 e. The molecular weight excluding hydrogens is 114 g/mol. The smallest absolute Gasteiger partial charge is 0.0989 e. The molecule has 2 heteroatoms. The van der Waals surface area contributed by atoms with Crippen molar-refractivity contribution in [2.24, 2.45) is 0 Å². The van der Waals surface area contributed by atoms with Gasteiger partial charge in [0.25, 0.3) is 0 Å². The molecule has 54 valence electrons. The van der Waals surface area contributed by atoms with Gasteiger partial charge in [-0.15, -0.1) is 0 Å². The molecule has 0 fully saturated rings. The van der Waals surface area contributed by atoms with Gasteiger partial charge in [-0.25, -0.2) is 0 Å². The van der Waals surface area contributed by atoms with Gasteiger partial charge < -0.3 is 10.1 Å². The van der Waals surface area contributed by atoms with Gasteiger partial charge in [-0.1, -0.05) is 6.92 Å². The van der Waals surface area contributed by atoms with Crippen molar-refractivity contribution in [1.29, 1.82) is 0 Å². The highest BCUT2D eigenvalue weighted by atomic mass is 16.5. The van der Waals surface area contributed by atoms with Gasteiger partial charge in [-0.2, -0.15) is 0 Å². The monoisotopic (exact) mass is 129 g/mol. The van der Waals surface area contributed by atoms with Gasteiger partial charge in [0, 0.05) is 13.2 Å². The Morgan fingerprint density at radius 2 is 2.33 bits per heavy atom. The van der Waals surface area contributed by atoms with E-state index in [-0.39, 0.29) is 0 Å². The molecule has 0 aromatic heterocycles.